The van der Waals surface area contributed by atoms with E-state index in [1.165, 1.54) is 0 Å². The topological polar surface area (TPSA) is 61.1 Å². The Labute approximate surface area is 190 Å². The van der Waals surface area contributed by atoms with Crippen LogP contribution in [0.3, 0.4) is 0 Å². The van der Waals surface area contributed by atoms with Crippen molar-refractivity contribution in [3.05, 3.63) is 93.3 Å². The van der Waals surface area contributed by atoms with E-state index in [9.17, 15) is 4.79 Å². The second kappa shape index (κ2) is 7.89. The molecule has 0 N–H and O–H groups in total. The third-order valence-electron chi connectivity index (χ3n) is 6.35. The molecule has 6 nitrogen and oxygen atoms in total. The smallest absolute Gasteiger partial charge is 0.340 e. The molecule has 0 amide bonds. The second-order valence-corrected chi connectivity index (χ2v) is 8.37. The normalized spacial score (nSPS) is 14.6. The summed E-state index contributed by atoms with van der Waals surface area (Å²) in [6.07, 6.45) is 0.544. The Balaban J connectivity index is 1.39. The third kappa shape index (κ3) is 3.48. The summed E-state index contributed by atoms with van der Waals surface area (Å²) in [5.41, 5.74) is 4.85. The van der Waals surface area contributed by atoms with E-state index >= 15 is 0 Å². The summed E-state index contributed by atoms with van der Waals surface area (Å²) in [6, 6.07) is 19.8. The fraction of sp³-hybridized carbons (Fsp3) is 0.222. The molecular formula is C27H23NO5. The molecule has 0 saturated heterocycles. The fourth-order valence-electron chi connectivity index (χ4n) is 4.56. The van der Waals surface area contributed by atoms with Gasteiger partial charge in [0.25, 0.3) is 0 Å². The summed E-state index contributed by atoms with van der Waals surface area (Å²) >= 11 is 0. The average molecular weight is 441 g/mol. The second-order valence-electron chi connectivity index (χ2n) is 8.37. The first-order valence-electron chi connectivity index (χ1n) is 11.1. The minimum absolute atomic E-state index is 0.297. The molecule has 6 rings (SSSR count). The molecule has 0 atom stereocenters. The monoisotopic (exact) mass is 441 g/mol. The zero-order chi connectivity index (χ0) is 22.4. The lowest BCUT2D eigenvalue weighted by atomic mass is 9.97. The van der Waals surface area contributed by atoms with E-state index in [4.69, 9.17) is 18.6 Å². The Hall–Kier alpha value is -3.93. The number of rotatable bonds is 3. The van der Waals surface area contributed by atoms with Crippen molar-refractivity contribution in [2.75, 3.05) is 24.8 Å². The molecule has 0 bridgehead atoms. The van der Waals surface area contributed by atoms with Gasteiger partial charge in [-0.2, -0.15) is 0 Å². The first-order chi connectivity index (χ1) is 16.2. The molecule has 0 radical (unpaired) electrons. The molecule has 33 heavy (non-hydrogen) atoms. The van der Waals surface area contributed by atoms with Gasteiger partial charge >= 0.3 is 5.63 Å². The van der Waals surface area contributed by atoms with E-state index in [-0.39, 0.29) is 5.63 Å². The van der Waals surface area contributed by atoms with E-state index in [2.05, 4.69) is 4.90 Å². The van der Waals surface area contributed by atoms with Crippen LogP contribution in [-0.4, -0.2) is 19.9 Å². The van der Waals surface area contributed by atoms with Crippen molar-refractivity contribution in [1.29, 1.82) is 0 Å². The van der Waals surface area contributed by atoms with Crippen LogP contribution in [0.15, 0.2) is 69.9 Å². The van der Waals surface area contributed by atoms with Crippen LogP contribution in [0.1, 0.15) is 22.3 Å². The number of aryl methyl sites for hydroxylation is 1. The number of ether oxygens (including phenoxy) is 3. The van der Waals surface area contributed by atoms with Gasteiger partial charge in [0, 0.05) is 29.1 Å². The van der Waals surface area contributed by atoms with Crippen molar-refractivity contribution in [3.63, 3.8) is 0 Å². The third-order valence-corrected chi connectivity index (χ3v) is 6.35. The quantitative estimate of drug-likeness (QED) is 0.425. The van der Waals surface area contributed by atoms with Gasteiger partial charge in [0.05, 0.1) is 12.1 Å². The molecule has 0 spiro atoms. The number of hydrogen-bond acceptors (Lipinski definition) is 6. The minimum atomic E-state index is -0.297. The van der Waals surface area contributed by atoms with Crippen molar-refractivity contribution in [1.82, 2.24) is 0 Å². The number of benzene rings is 3. The van der Waals surface area contributed by atoms with Gasteiger partial charge < -0.3 is 23.5 Å². The van der Waals surface area contributed by atoms with Crippen LogP contribution in [0.5, 0.6) is 17.2 Å². The molecule has 4 aromatic rings. The Morgan fingerprint density at radius 3 is 2.52 bits per heavy atom. The molecule has 2 aliphatic rings. The number of hydrogen-bond donors (Lipinski definition) is 0. The van der Waals surface area contributed by atoms with Crippen molar-refractivity contribution >= 4 is 16.7 Å². The van der Waals surface area contributed by atoms with Gasteiger partial charge in [-0.25, -0.2) is 4.79 Å². The highest BCUT2D eigenvalue weighted by molar-refractivity contribution is 5.86. The molecule has 6 heteroatoms. The fourth-order valence-corrected chi connectivity index (χ4v) is 4.56. The molecule has 3 aromatic carbocycles. The summed E-state index contributed by atoms with van der Waals surface area (Å²) in [5, 5.41) is 0.937. The first kappa shape index (κ1) is 19.7. The summed E-state index contributed by atoms with van der Waals surface area (Å²) in [6.45, 7) is 4.05. The van der Waals surface area contributed by atoms with Crippen LogP contribution in [-0.2, 0) is 13.0 Å². The predicted molar refractivity (Wildman–Crippen MR) is 126 cm³/mol. The van der Waals surface area contributed by atoms with Crippen molar-refractivity contribution in [2.24, 2.45) is 0 Å². The molecular weight excluding hydrogens is 418 g/mol. The lowest BCUT2D eigenvalue weighted by Gasteiger charge is -2.32. The van der Waals surface area contributed by atoms with E-state index < -0.39 is 0 Å². The summed E-state index contributed by atoms with van der Waals surface area (Å²) in [5.74, 6) is 2.23. The van der Waals surface area contributed by atoms with Crippen LogP contribution >= 0.6 is 0 Å². The highest BCUT2D eigenvalue weighted by Crippen LogP contribution is 2.38. The molecule has 3 heterocycles. The Morgan fingerprint density at radius 1 is 0.879 bits per heavy atom. The summed E-state index contributed by atoms with van der Waals surface area (Å²) in [4.78, 5) is 15.1. The first-order valence-corrected chi connectivity index (χ1v) is 11.1. The summed E-state index contributed by atoms with van der Waals surface area (Å²) in [7, 11) is 0. The van der Waals surface area contributed by atoms with Gasteiger partial charge in [-0.15, -0.1) is 0 Å². The molecule has 0 unspecified atom stereocenters. The van der Waals surface area contributed by atoms with E-state index in [1.807, 2.05) is 67.6 Å². The van der Waals surface area contributed by atoms with E-state index in [1.54, 1.807) is 0 Å². The van der Waals surface area contributed by atoms with E-state index in [0.717, 1.165) is 45.0 Å². The van der Waals surface area contributed by atoms with Gasteiger partial charge in [-0.3, -0.25) is 0 Å². The van der Waals surface area contributed by atoms with Crippen LogP contribution in [0.4, 0.5) is 5.69 Å². The number of fused-ring (bicyclic) bond motifs is 4. The SMILES string of the molecule is Cc1c(Cc2ccccc2)c(=O)oc2c3c(ccc12)OCN(c1ccc2c(c1)OCCO2)C3. The molecule has 166 valence electrons. The van der Waals surface area contributed by atoms with Gasteiger partial charge in [-0.05, 0) is 42.3 Å². The molecule has 2 aliphatic heterocycles. The van der Waals surface area contributed by atoms with Crippen molar-refractivity contribution in [2.45, 2.75) is 19.9 Å². The van der Waals surface area contributed by atoms with E-state index in [0.29, 0.717) is 44.1 Å². The zero-order valence-electron chi connectivity index (χ0n) is 18.3. The van der Waals surface area contributed by atoms with Crippen LogP contribution in [0.25, 0.3) is 11.0 Å². The Bertz CT molecular complexity index is 1410. The maximum absolute atomic E-state index is 13.0. The van der Waals surface area contributed by atoms with Gasteiger partial charge in [0.15, 0.2) is 18.2 Å². The van der Waals surface area contributed by atoms with Crippen molar-refractivity contribution in [3.8, 4) is 17.2 Å². The highest BCUT2D eigenvalue weighted by atomic mass is 16.6. The maximum Gasteiger partial charge on any atom is 0.340 e. The lowest BCUT2D eigenvalue weighted by Crippen LogP contribution is -2.32. The molecule has 1 aromatic heterocycles. The largest absolute Gasteiger partial charge is 0.486 e. The molecule has 0 fully saturated rings. The van der Waals surface area contributed by atoms with Crippen molar-refractivity contribution < 1.29 is 18.6 Å². The van der Waals surface area contributed by atoms with Crippen LogP contribution in [0, 0.1) is 6.92 Å². The number of anilines is 1. The predicted octanol–water partition coefficient (Wildman–Crippen LogP) is 4.82. The standard InChI is InChI=1S/C27H23NO5/c1-17-20-8-10-23-22(26(20)33-27(29)21(17)13-18-5-3-2-4-6-18)15-28(16-32-23)19-7-9-24-25(14-19)31-12-11-30-24/h2-10,14H,11-13,15-16H2,1H3. The Morgan fingerprint density at radius 2 is 1.67 bits per heavy atom. The summed E-state index contributed by atoms with van der Waals surface area (Å²) < 4.78 is 23.3. The number of nitrogens with zero attached hydrogens (tertiary/aromatic N) is 1. The molecule has 0 aliphatic carbocycles. The van der Waals surface area contributed by atoms with Gasteiger partial charge in [-0.1, -0.05) is 30.3 Å². The molecule has 0 saturated carbocycles. The van der Waals surface area contributed by atoms with Crippen LogP contribution in [0.2, 0.25) is 0 Å². The van der Waals surface area contributed by atoms with Crippen LogP contribution < -0.4 is 24.7 Å². The zero-order valence-corrected chi connectivity index (χ0v) is 18.3. The lowest BCUT2D eigenvalue weighted by molar-refractivity contribution is 0.171. The van der Waals surface area contributed by atoms with Gasteiger partial charge in [0.2, 0.25) is 0 Å². The maximum atomic E-state index is 13.0. The minimum Gasteiger partial charge on any atom is -0.486 e. The van der Waals surface area contributed by atoms with Gasteiger partial charge in [0.1, 0.15) is 24.5 Å². The highest BCUT2D eigenvalue weighted by Gasteiger charge is 2.25. The average Bonchev–Trinajstić information content (AvgIpc) is 2.86. The Kier molecular flexibility index (Phi) is 4.72.